The van der Waals surface area contributed by atoms with Gasteiger partial charge in [0.15, 0.2) is 0 Å². The molecule has 0 amide bonds. The van der Waals surface area contributed by atoms with Crippen LogP contribution < -0.4 is 14.5 Å². The maximum absolute atomic E-state index is 7.32. The largest absolute Gasteiger partial charge is 0.457 e. The molecule has 0 aliphatic carbocycles. The number of fused-ring (bicyclic) bond motifs is 3. The highest BCUT2D eigenvalue weighted by Crippen LogP contribution is 2.47. The molecule has 0 atom stereocenters. The van der Waals surface area contributed by atoms with Crippen molar-refractivity contribution in [3.05, 3.63) is 251 Å². The summed E-state index contributed by atoms with van der Waals surface area (Å²) in [6.07, 6.45) is 4.34. The van der Waals surface area contributed by atoms with E-state index in [4.69, 9.17) is 9.72 Å². The second-order valence-corrected chi connectivity index (χ2v) is 26.3. The molecule has 0 bridgehead atoms. The molecule has 0 fully saturated rings. The fourth-order valence-corrected chi connectivity index (χ4v) is 12.1. The molecule has 0 spiro atoms. The minimum absolute atomic E-state index is 0.0619. The molecule has 0 saturated heterocycles. The zero-order valence-corrected chi connectivity index (χ0v) is 50.2. The van der Waals surface area contributed by atoms with Gasteiger partial charge in [-0.15, -0.1) is 0 Å². The van der Waals surface area contributed by atoms with Crippen LogP contribution in [-0.4, -0.2) is 16.2 Å². The Morgan fingerprint density at radius 3 is 1.67 bits per heavy atom. The van der Waals surface area contributed by atoms with Gasteiger partial charge in [-0.05, 0) is 139 Å². The van der Waals surface area contributed by atoms with Gasteiger partial charge >= 0.3 is 0 Å². The zero-order valence-electron chi connectivity index (χ0n) is 50.2. The van der Waals surface area contributed by atoms with Crippen LogP contribution in [0.2, 0.25) is 0 Å². The van der Waals surface area contributed by atoms with E-state index in [9.17, 15) is 0 Å². The first-order valence-electron chi connectivity index (χ1n) is 29.2. The van der Waals surface area contributed by atoms with Crippen molar-refractivity contribution >= 4 is 33.2 Å². The fraction of sp³-hybridized carbons (Fsp3) is 0.276. The fourth-order valence-electron chi connectivity index (χ4n) is 12.1. The topological polar surface area (TPSA) is 33.5 Å². The summed E-state index contributed by atoms with van der Waals surface area (Å²) < 4.78 is 9.65. The molecule has 1 aliphatic rings. The van der Waals surface area contributed by atoms with E-state index in [0.717, 1.165) is 45.0 Å². The van der Waals surface area contributed by atoms with Gasteiger partial charge in [0, 0.05) is 68.6 Å². The van der Waals surface area contributed by atoms with Gasteiger partial charge in [0.1, 0.15) is 17.3 Å². The molecule has 1 aliphatic heterocycles. The average Bonchev–Trinajstić information content (AvgIpc) is 4.08. The van der Waals surface area contributed by atoms with E-state index in [2.05, 4.69) is 312 Å². The lowest BCUT2D eigenvalue weighted by atomic mass is 9.77. The van der Waals surface area contributed by atoms with E-state index in [-0.39, 0.29) is 21.7 Å². The van der Waals surface area contributed by atoms with E-state index in [0.29, 0.717) is 18.5 Å². The maximum Gasteiger partial charge on any atom is 0.137 e. The third-order valence-electron chi connectivity index (χ3n) is 17.1. The molecule has 2 aromatic heterocycles. The van der Waals surface area contributed by atoms with Crippen LogP contribution in [0.1, 0.15) is 148 Å². The predicted molar refractivity (Wildman–Crippen MR) is 344 cm³/mol. The third-order valence-corrected chi connectivity index (χ3v) is 17.1. The maximum atomic E-state index is 7.32. The van der Waals surface area contributed by atoms with Crippen molar-refractivity contribution < 1.29 is 4.74 Å². The smallest absolute Gasteiger partial charge is 0.137 e. The SMILES string of the molecule is CC(C)c1cccc(C(C)C)c1-c1cc(Oc2ccc3c4cc(C(C)(C)c5ccccc5)ccc4n(-c4cc(C(C)(C)C)ccn4)c3c2)cc(N2C=C(C(C)(C)C)N(c3cc(-c4ccccc4)cc(C(C)(C)c4ccccc4)c3)C2)c1. The van der Waals surface area contributed by atoms with Gasteiger partial charge in [0.25, 0.3) is 0 Å². The third kappa shape index (κ3) is 10.6. The number of nitrogens with zero attached hydrogens (tertiary/aromatic N) is 4. The summed E-state index contributed by atoms with van der Waals surface area (Å²) in [5, 5.41) is 2.33. The van der Waals surface area contributed by atoms with E-state index in [1.54, 1.807) is 0 Å². The summed E-state index contributed by atoms with van der Waals surface area (Å²) in [6, 6.07) is 71.6. The molecule has 5 heteroatoms. The Hall–Kier alpha value is -8.15. The highest BCUT2D eigenvalue weighted by atomic mass is 16.5. The van der Waals surface area contributed by atoms with Crippen LogP contribution in [0, 0.1) is 5.41 Å². The first-order valence-corrected chi connectivity index (χ1v) is 29.2. The van der Waals surface area contributed by atoms with Crippen molar-refractivity contribution in [2.45, 2.75) is 125 Å². The minimum Gasteiger partial charge on any atom is -0.457 e. The van der Waals surface area contributed by atoms with E-state index in [1.807, 2.05) is 6.20 Å². The summed E-state index contributed by atoms with van der Waals surface area (Å²) in [4.78, 5) is 10.1. The molecular weight excluding hydrogens is 985 g/mol. The standard InChI is InChI=1S/C76H80N4O/c1-50(2)64-31-24-32-65(51(3)4)72(64)54-41-60(78-48-70(74(8,9)10)79(49-78)61-40-53(52-25-18-15-19-26-52)39-59(43-61)76(13,14)56-29-22-17-23-30-56)46-63(42-54)81-62-34-35-66-67-44-58(75(11,12)55-27-20-16-21-28-55)33-36-68(67)80(69(66)47-62)71-45-57(37-38-77-71)73(5,6)7/h15-48,50-51H,49H2,1-14H3. The van der Waals surface area contributed by atoms with Gasteiger partial charge in [-0.25, -0.2) is 4.98 Å². The molecular formula is C76H80N4O. The van der Waals surface area contributed by atoms with E-state index in [1.165, 1.54) is 72.4 Å². The van der Waals surface area contributed by atoms with Crippen LogP contribution in [0.15, 0.2) is 212 Å². The first kappa shape index (κ1) is 54.8. The van der Waals surface area contributed by atoms with Crippen LogP contribution in [-0.2, 0) is 16.2 Å². The number of anilines is 2. The van der Waals surface area contributed by atoms with Crippen LogP contribution >= 0.6 is 0 Å². The number of pyridine rings is 1. The average molecular weight is 1070 g/mol. The highest BCUT2D eigenvalue weighted by molar-refractivity contribution is 6.10. The molecule has 5 nitrogen and oxygen atoms in total. The lowest BCUT2D eigenvalue weighted by molar-refractivity contribution is 0.483. The Balaban J connectivity index is 1.07. The monoisotopic (exact) mass is 1060 g/mol. The predicted octanol–water partition coefficient (Wildman–Crippen LogP) is 20.7. The molecule has 11 rings (SSSR count). The lowest BCUT2D eigenvalue weighted by Gasteiger charge is -2.33. The van der Waals surface area contributed by atoms with E-state index < -0.39 is 0 Å². The molecule has 410 valence electrons. The number of hydrogen-bond donors (Lipinski definition) is 0. The molecule has 81 heavy (non-hydrogen) atoms. The van der Waals surface area contributed by atoms with Crippen molar-refractivity contribution in [3.63, 3.8) is 0 Å². The van der Waals surface area contributed by atoms with Crippen LogP contribution in [0.5, 0.6) is 11.5 Å². The molecule has 0 radical (unpaired) electrons. The minimum atomic E-state index is -0.253. The first-order chi connectivity index (χ1) is 38.6. The second-order valence-electron chi connectivity index (χ2n) is 26.3. The van der Waals surface area contributed by atoms with Crippen molar-refractivity contribution in [1.82, 2.24) is 9.55 Å². The highest BCUT2D eigenvalue weighted by Gasteiger charge is 2.34. The summed E-state index contributed by atoms with van der Waals surface area (Å²) in [6.45, 7) is 33.0. The second kappa shape index (κ2) is 21.1. The summed E-state index contributed by atoms with van der Waals surface area (Å²) >= 11 is 0. The number of rotatable bonds is 13. The number of hydrogen-bond acceptors (Lipinski definition) is 4. The molecule has 0 saturated carbocycles. The summed E-state index contributed by atoms with van der Waals surface area (Å²) in [5.41, 5.74) is 18.7. The van der Waals surface area contributed by atoms with Crippen molar-refractivity contribution in [2.75, 3.05) is 16.5 Å². The Morgan fingerprint density at radius 2 is 1.05 bits per heavy atom. The van der Waals surface area contributed by atoms with Crippen molar-refractivity contribution in [2.24, 2.45) is 5.41 Å². The zero-order chi connectivity index (χ0) is 57.2. The Bertz CT molecular complexity index is 3930. The molecule has 0 N–H and O–H groups in total. The van der Waals surface area contributed by atoms with Gasteiger partial charge in [-0.3, -0.25) is 4.57 Å². The molecule has 3 heterocycles. The Kier molecular flexibility index (Phi) is 14.2. The molecule has 0 unspecified atom stereocenters. The van der Waals surface area contributed by atoms with Gasteiger partial charge in [0.2, 0.25) is 0 Å². The van der Waals surface area contributed by atoms with Gasteiger partial charge in [-0.1, -0.05) is 218 Å². The summed E-state index contributed by atoms with van der Waals surface area (Å²) in [5.74, 6) is 3.03. The van der Waals surface area contributed by atoms with Gasteiger partial charge in [0.05, 0.1) is 17.7 Å². The number of aromatic nitrogens is 2. The Labute approximate surface area is 482 Å². The molecule has 8 aromatic carbocycles. The normalized spacial score (nSPS) is 13.5. The van der Waals surface area contributed by atoms with Gasteiger partial charge < -0.3 is 14.5 Å². The lowest BCUT2D eigenvalue weighted by Crippen LogP contribution is -2.31. The number of allylic oxidation sites excluding steroid dienone is 1. The van der Waals surface area contributed by atoms with E-state index >= 15 is 0 Å². The van der Waals surface area contributed by atoms with Crippen LogP contribution in [0.4, 0.5) is 11.4 Å². The van der Waals surface area contributed by atoms with Crippen LogP contribution in [0.3, 0.4) is 0 Å². The number of ether oxygens (including phenoxy) is 1. The van der Waals surface area contributed by atoms with Gasteiger partial charge in [-0.2, -0.15) is 0 Å². The molecule has 10 aromatic rings. The van der Waals surface area contributed by atoms with Crippen LogP contribution in [0.25, 0.3) is 49.9 Å². The Morgan fingerprint density at radius 1 is 0.432 bits per heavy atom. The van der Waals surface area contributed by atoms with Crippen molar-refractivity contribution in [1.29, 1.82) is 0 Å². The summed E-state index contributed by atoms with van der Waals surface area (Å²) in [7, 11) is 0. The number of benzene rings is 8. The quantitative estimate of drug-likeness (QED) is 0.115. The van der Waals surface area contributed by atoms with Crippen molar-refractivity contribution in [3.8, 4) is 39.6 Å².